The number of rotatable bonds is 7. The Labute approximate surface area is 289 Å². The number of nitrogens with zero attached hydrogens (tertiary/aromatic N) is 2. The maximum absolute atomic E-state index is 14.3. The van der Waals surface area contributed by atoms with E-state index in [-0.39, 0.29) is 11.7 Å². The fraction of sp³-hybridized carbons (Fsp3) is 0.0811. The van der Waals surface area contributed by atoms with Gasteiger partial charge in [-0.1, -0.05) is 100 Å². The first-order valence-corrected chi connectivity index (χ1v) is 17.3. The van der Waals surface area contributed by atoms with Crippen molar-refractivity contribution in [1.82, 2.24) is 9.13 Å². The van der Waals surface area contributed by atoms with Crippen LogP contribution in [-0.4, -0.2) is 9.13 Å². The summed E-state index contributed by atoms with van der Waals surface area (Å²) in [6.45, 7) is 1.47. The molecule has 0 aliphatic rings. The minimum atomic E-state index is -0.242. The van der Waals surface area contributed by atoms with Crippen LogP contribution >= 0.6 is 63.7 Å². The average molecular weight is 836 g/mol. The molecule has 0 radical (unpaired) electrons. The standard InChI is InChI=1S/C37H25Br4FN2/c38-26-7-1-23(2-8-26)19-43-21-33(31-17-28(40)11-15-35(31)43)37(25-5-13-30(42)14-6-25)34-22-44(20-24-3-9-27(39)10-4-24)36-16-12-29(41)18-32(34)36/h1-18,21-22,37H,19-20H2. The number of halogens is 5. The van der Waals surface area contributed by atoms with Crippen molar-refractivity contribution in [1.29, 1.82) is 0 Å². The minimum absolute atomic E-state index is 0.137. The van der Waals surface area contributed by atoms with Crippen molar-refractivity contribution in [2.75, 3.05) is 0 Å². The molecule has 7 rings (SSSR count). The second-order valence-electron chi connectivity index (χ2n) is 11.0. The van der Waals surface area contributed by atoms with E-state index in [1.807, 2.05) is 12.1 Å². The van der Waals surface area contributed by atoms with Crippen LogP contribution in [0.5, 0.6) is 0 Å². The number of hydrogen-bond acceptors (Lipinski definition) is 0. The van der Waals surface area contributed by atoms with Gasteiger partial charge in [-0.25, -0.2) is 4.39 Å². The lowest BCUT2D eigenvalue weighted by atomic mass is 9.85. The molecule has 0 aliphatic heterocycles. The van der Waals surface area contributed by atoms with E-state index in [4.69, 9.17) is 0 Å². The van der Waals surface area contributed by atoms with Crippen molar-refractivity contribution < 1.29 is 4.39 Å². The van der Waals surface area contributed by atoms with E-state index < -0.39 is 0 Å². The molecule has 0 fully saturated rings. The highest BCUT2D eigenvalue weighted by molar-refractivity contribution is 9.11. The smallest absolute Gasteiger partial charge is 0.123 e. The van der Waals surface area contributed by atoms with Crippen LogP contribution in [0.2, 0.25) is 0 Å². The van der Waals surface area contributed by atoms with Crippen molar-refractivity contribution in [3.63, 3.8) is 0 Å². The Morgan fingerprint density at radius 1 is 0.500 bits per heavy atom. The summed E-state index contributed by atoms with van der Waals surface area (Å²) >= 11 is 14.6. The fourth-order valence-corrected chi connectivity index (χ4v) is 7.32. The van der Waals surface area contributed by atoms with Gasteiger partial charge in [0.05, 0.1) is 0 Å². The van der Waals surface area contributed by atoms with Gasteiger partial charge in [0.1, 0.15) is 5.82 Å². The van der Waals surface area contributed by atoms with Crippen LogP contribution in [0.25, 0.3) is 21.8 Å². The predicted octanol–water partition coefficient (Wildman–Crippen LogP) is 12.1. The molecule has 0 saturated heterocycles. The summed E-state index contributed by atoms with van der Waals surface area (Å²) in [5, 5.41) is 2.32. The molecule has 0 bridgehead atoms. The zero-order valence-electron chi connectivity index (χ0n) is 23.3. The van der Waals surface area contributed by atoms with Crippen molar-refractivity contribution >= 4 is 85.5 Å². The predicted molar refractivity (Wildman–Crippen MR) is 193 cm³/mol. The third-order valence-electron chi connectivity index (χ3n) is 8.11. The van der Waals surface area contributed by atoms with Crippen LogP contribution in [0, 0.1) is 5.82 Å². The van der Waals surface area contributed by atoms with Crippen LogP contribution in [0.1, 0.15) is 33.7 Å². The molecule has 7 heteroatoms. The van der Waals surface area contributed by atoms with Gasteiger partial charge in [0, 0.05) is 71.1 Å². The van der Waals surface area contributed by atoms with Gasteiger partial charge in [-0.3, -0.25) is 0 Å². The van der Waals surface area contributed by atoms with E-state index in [0.717, 1.165) is 58.3 Å². The largest absolute Gasteiger partial charge is 0.343 e. The van der Waals surface area contributed by atoms with Gasteiger partial charge in [0.25, 0.3) is 0 Å². The first-order valence-electron chi connectivity index (χ1n) is 14.1. The van der Waals surface area contributed by atoms with Crippen LogP contribution in [0.15, 0.2) is 139 Å². The lowest BCUT2D eigenvalue weighted by Crippen LogP contribution is -2.04. The molecular formula is C37H25Br4FN2. The molecule has 218 valence electrons. The van der Waals surface area contributed by atoms with Gasteiger partial charge in [-0.05, 0) is 101 Å². The van der Waals surface area contributed by atoms with Gasteiger partial charge in [-0.2, -0.15) is 0 Å². The van der Waals surface area contributed by atoms with Crippen LogP contribution in [0.4, 0.5) is 4.39 Å². The van der Waals surface area contributed by atoms with Gasteiger partial charge < -0.3 is 9.13 Å². The first-order chi connectivity index (χ1) is 21.3. The van der Waals surface area contributed by atoms with Gasteiger partial charge in [-0.15, -0.1) is 0 Å². The summed E-state index contributed by atoms with van der Waals surface area (Å²) in [6, 6.07) is 36.9. The van der Waals surface area contributed by atoms with Crippen molar-refractivity contribution in [2.24, 2.45) is 0 Å². The lowest BCUT2D eigenvalue weighted by Gasteiger charge is -2.18. The molecule has 0 atom stereocenters. The molecule has 0 saturated carbocycles. The molecule has 0 spiro atoms. The maximum atomic E-state index is 14.3. The number of aromatic nitrogens is 2. The van der Waals surface area contributed by atoms with E-state index in [9.17, 15) is 4.39 Å². The monoisotopic (exact) mass is 832 g/mol. The zero-order chi connectivity index (χ0) is 30.4. The zero-order valence-corrected chi connectivity index (χ0v) is 29.7. The normalized spacial score (nSPS) is 11.7. The highest BCUT2D eigenvalue weighted by Crippen LogP contribution is 2.42. The molecule has 5 aromatic carbocycles. The molecule has 2 nitrogen and oxygen atoms in total. The molecule has 0 amide bonds. The number of hydrogen-bond donors (Lipinski definition) is 0. The summed E-state index contributed by atoms with van der Waals surface area (Å²) in [4.78, 5) is 0. The van der Waals surface area contributed by atoms with Crippen molar-refractivity contribution in [3.05, 3.63) is 173 Å². The summed E-state index contributed by atoms with van der Waals surface area (Å²) in [5.74, 6) is -0.380. The molecular weight excluding hydrogens is 811 g/mol. The maximum Gasteiger partial charge on any atom is 0.123 e. The molecule has 2 heterocycles. The molecule has 0 unspecified atom stereocenters. The average Bonchev–Trinajstić information content (AvgIpc) is 3.54. The van der Waals surface area contributed by atoms with Crippen molar-refractivity contribution in [3.8, 4) is 0 Å². The highest BCUT2D eigenvalue weighted by atomic mass is 79.9. The topological polar surface area (TPSA) is 9.86 Å². The third kappa shape index (κ3) is 6.00. The van der Waals surface area contributed by atoms with E-state index in [1.165, 1.54) is 22.3 Å². The number of fused-ring (bicyclic) bond motifs is 2. The lowest BCUT2D eigenvalue weighted by molar-refractivity contribution is 0.627. The number of benzene rings is 5. The Morgan fingerprint density at radius 3 is 1.34 bits per heavy atom. The summed E-state index contributed by atoms with van der Waals surface area (Å²) in [6.07, 6.45) is 4.56. The van der Waals surface area contributed by atoms with Gasteiger partial charge in [0.2, 0.25) is 0 Å². The molecule has 0 aliphatic carbocycles. The summed E-state index contributed by atoms with van der Waals surface area (Å²) in [7, 11) is 0. The van der Waals surface area contributed by atoms with E-state index in [0.29, 0.717) is 0 Å². The first kappa shape index (κ1) is 29.7. The van der Waals surface area contributed by atoms with Crippen LogP contribution < -0.4 is 0 Å². The van der Waals surface area contributed by atoms with E-state index in [1.54, 1.807) is 12.1 Å². The second kappa shape index (κ2) is 12.4. The summed E-state index contributed by atoms with van der Waals surface area (Å²) < 4.78 is 23.1. The van der Waals surface area contributed by atoms with Gasteiger partial charge in [0.15, 0.2) is 0 Å². The Hall–Kier alpha value is -2.97. The minimum Gasteiger partial charge on any atom is -0.343 e. The van der Waals surface area contributed by atoms with E-state index in [2.05, 4.69) is 170 Å². The van der Waals surface area contributed by atoms with E-state index >= 15 is 0 Å². The second-order valence-corrected chi connectivity index (χ2v) is 14.6. The highest BCUT2D eigenvalue weighted by Gasteiger charge is 2.26. The fourth-order valence-electron chi connectivity index (χ4n) is 6.07. The van der Waals surface area contributed by atoms with Crippen molar-refractivity contribution in [2.45, 2.75) is 19.0 Å². The Kier molecular flexibility index (Phi) is 8.40. The Bertz CT molecular complexity index is 1980. The quantitative estimate of drug-likeness (QED) is 0.151. The van der Waals surface area contributed by atoms with Crippen LogP contribution in [0.3, 0.4) is 0 Å². The molecule has 0 N–H and O–H groups in total. The van der Waals surface area contributed by atoms with Crippen LogP contribution in [-0.2, 0) is 13.1 Å². The Balaban J connectivity index is 1.45. The Morgan fingerprint density at radius 2 is 0.909 bits per heavy atom. The van der Waals surface area contributed by atoms with Gasteiger partial charge >= 0.3 is 0 Å². The SMILES string of the molecule is Fc1ccc(C(c2cn(Cc3ccc(Br)cc3)c3ccc(Br)cc23)c2cn(Cc3ccc(Br)cc3)c3ccc(Br)cc23)cc1. The molecule has 44 heavy (non-hydrogen) atoms. The molecule has 2 aromatic heterocycles. The third-order valence-corrected chi connectivity index (χ3v) is 10.1. The summed E-state index contributed by atoms with van der Waals surface area (Å²) in [5.41, 5.74) is 8.12. The molecule has 7 aromatic rings.